The summed E-state index contributed by atoms with van der Waals surface area (Å²) in [6.45, 7) is 5.11. The molecule has 1 amide bonds. The summed E-state index contributed by atoms with van der Waals surface area (Å²) in [4.78, 5) is 17.2. The van der Waals surface area contributed by atoms with Crippen molar-refractivity contribution >= 4 is 11.6 Å². The van der Waals surface area contributed by atoms with E-state index in [9.17, 15) is 9.90 Å². The van der Waals surface area contributed by atoms with Gasteiger partial charge >= 0.3 is 0 Å². The lowest BCUT2D eigenvalue weighted by Crippen LogP contribution is -2.62. The molecule has 0 unspecified atom stereocenters. The predicted molar refractivity (Wildman–Crippen MR) is 101 cm³/mol. The van der Waals surface area contributed by atoms with E-state index in [1.54, 1.807) is 7.11 Å². The van der Waals surface area contributed by atoms with Gasteiger partial charge in [0, 0.05) is 31.2 Å². The molecule has 1 aliphatic carbocycles. The number of nitrogens with zero attached hydrogens (tertiary/aromatic N) is 2. The Bertz CT molecular complexity index is 682. The summed E-state index contributed by atoms with van der Waals surface area (Å²) in [5.74, 6) is 0.197. The van der Waals surface area contributed by atoms with Gasteiger partial charge in [-0.05, 0) is 57.3 Å². The van der Waals surface area contributed by atoms with Gasteiger partial charge in [-0.2, -0.15) is 0 Å². The minimum atomic E-state index is -0.248. The number of aliphatic hydroxyl groups excluding tert-OH is 1. The number of rotatable bonds is 3. The highest BCUT2D eigenvalue weighted by Gasteiger charge is 2.55. The number of piperidine rings is 1. The van der Waals surface area contributed by atoms with Crippen LogP contribution in [-0.2, 0) is 16.0 Å². The molecule has 5 heteroatoms. The number of fused-ring (bicyclic) bond motifs is 1. The molecule has 142 valence electrons. The monoisotopic (exact) mass is 358 g/mol. The zero-order valence-corrected chi connectivity index (χ0v) is 15.9. The summed E-state index contributed by atoms with van der Waals surface area (Å²) in [5, 5.41) is 10.3. The molecule has 3 aliphatic rings. The third-order valence-corrected chi connectivity index (χ3v) is 6.83. The molecular formula is C21H30N2O3. The zero-order valence-electron chi connectivity index (χ0n) is 15.9. The highest BCUT2D eigenvalue weighted by Crippen LogP contribution is 2.50. The van der Waals surface area contributed by atoms with Gasteiger partial charge in [-0.25, -0.2) is 0 Å². The molecule has 2 fully saturated rings. The molecular weight excluding hydrogens is 328 g/mol. The van der Waals surface area contributed by atoms with E-state index in [2.05, 4.69) is 30.0 Å². The van der Waals surface area contributed by atoms with Crippen molar-refractivity contribution in [2.45, 2.75) is 51.2 Å². The Morgan fingerprint density at radius 2 is 2.08 bits per heavy atom. The Labute approximate surface area is 155 Å². The SMILES string of the molecule is CO[C@@H]1C[C@H](O)C12CCN(CC(=O)N1CCCc3cc(C)ccc31)CC2. The van der Waals surface area contributed by atoms with Gasteiger partial charge in [-0.15, -0.1) is 0 Å². The summed E-state index contributed by atoms with van der Waals surface area (Å²) >= 11 is 0. The van der Waals surface area contributed by atoms with E-state index in [0.717, 1.165) is 57.4 Å². The van der Waals surface area contributed by atoms with Gasteiger partial charge in [0.05, 0.1) is 18.8 Å². The number of aliphatic hydroxyl groups is 1. The summed E-state index contributed by atoms with van der Waals surface area (Å²) in [6, 6.07) is 6.40. The predicted octanol–water partition coefficient (Wildman–Crippen LogP) is 2.14. The third-order valence-electron chi connectivity index (χ3n) is 6.83. The number of anilines is 1. The lowest BCUT2D eigenvalue weighted by atomic mass is 9.58. The quantitative estimate of drug-likeness (QED) is 0.899. The van der Waals surface area contributed by atoms with E-state index in [4.69, 9.17) is 4.74 Å². The Balaban J connectivity index is 1.38. The first-order valence-corrected chi connectivity index (χ1v) is 9.86. The van der Waals surface area contributed by atoms with Gasteiger partial charge in [0.25, 0.3) is 0 Å². The first-order valence-electron chi connectivity index (χ1n) is 9.86. The third kappa shape index (κ3) is 2.96. The maximum absolute atomic E-state index is 13.0. The fraction of sp³-hybridized carbons (Fsp3) is 0.667. The molecule has 2 heterocycles. The molecule has 1 N–H and O–H groups in total. The number of methoxy groups -OCH3 is 1. The molecule has 1 saturated heterocycles. The number of carbonyl (C=O) groups is 1. The number of ether oxygens (including phenoxy) is 1. The van der Waals surface area contributed by atoms with E-state index in [-0.39, 0.29) is 23.5 Å². The van der Waals surface area contributed by atoms with Gasteiger partial charge < -0.3 is 14.7 Å². The fourth-order valence-corrected chi connectivity index (χ4v) is 5.10. The average Bonchev–Trinajstić information content (AvgIpc) is 2.65. The Kier molecular flexibility index (Phi) is 4.80. The molecule has 2 atom stereocenters. The van der Waals surface area contributed by atoms with Gasteiger partial charge in [-0.1, -0.05) is 17.7 Å². The normalized spacial score (nSPS) is 27.9. The molecule has 0 radical (unpaired) electrons. The van der Waals surface area contributed by atoms with Crippen LogP contribution in [0.4, 0.5) is 5.69 Å². The first kappa shape index (κ1) is 18.0. The van der Waals surface area contributed by atoms with Crippen LogP contribution < -0.4 is 4.90 Å². The van der Waals surface area contributed by atoms with Crippen molar-refractivity contribution in [1.29, 1.82) is 0 Å². The van der Waals surface area contributed by atoms with E-state index < -0.39 is 0 Å². The van der Waals surface area contributed by atoms with Crippen molar-refractivity contribution in [3.63, 3.8) is 0 Å². The standard InChI is InChI=1S/C21H30N2O3/c1-15-5-6-17-16(12-15)4-3-9-23(17)20(25)14-22-10-7-21(8-11-22)18(24)13-19(21)26-2/h5-6,12,18-19,24H,3-4,7-11,13-14H2,1-2H3/t18-,19+/m0/s1. The van der Waals surface area contributed by atoms with E-state index in [1.165, 1.54) is 11.1 Å². The molecule has 26 heavy (non-hydrogen) atoms. The molecule has 1 aromatic carbocycles. The van der Waals surface area contributed by atoms with Crippen LogP contribution in [0.2, 0.25) is 0 Å². The van der Waals surface area contributed by atoms with Crippen LogP contribution in [0.3, 0.4) is 0 Å². The van der Waals surface area contributed by atoms with Crippen molar-refractivity contribution in [2.24, 2.45) is 5.41 Å². The number of hydrogen-bond acceptors (Lipinski definition) is 4. The minimum absolute atomic E-state index is 0.0798. The van der Waals surface area contributed by atoms with Crippen LogP contribution in [-0.4, -0.2) is 61.4 Å². The van der Waals surface area contributed by atoms with Crippen LogP contribution in [0.25, 0.3) is 0 Å². The lowest BCUT2D eigenvalue weighted by molar-refractivity contribution is -0.201. The Morgan fingerprint density at radius 3 is 2.77 bits per heavy atom. The van der Waals surface area contributed by atoms with Crippen LogP contribution in [0, 0.1) is 12.3 Å². The van der Waals surface area contributed by atoms with Gasteiger partial charge in [0.2, 0.25) is 5.91 Å². The molecule has 2 aliphatic heterocycles. The summed E-state index contributed by atoms with van der Waals surface area (Å²) in [7, 11) is 1.74. The lowest BCUT2D eigenvalue weighted by Gasteiger charge is -2.56. The molecule has 1 saturated carbocycles. The van der Waals surface area contributed by atoms with Crippen LogP contribution in [0.15, 0.2) is 18.2 Å². The van der Waals surface area contributed by atoms with Crippen molar-refractivity contribution in [3.05, 3.63) is 29.3 Å². The molecule has 4 rings (SSSR count). The van der Waals surface area contributed by atoms with Crippen LogP contribution in [0.1, 0.15) is 36.8 Å². The number of hydrogen-bond donors (Lipinski definition) is 1. The molecule has 0 aromatic heterocycles. The fourth-order valence-electron chi connectivity index (χ4n) is 5.10. The molecule has 1 aromatic rings. The van der Waals surface area contributed by atoms with Crippen molar-refractivity contribution in [3.8, 4) is 0 Å². The second kappa shape index (κ2) is 6.95. The average molecular weight is 358 g/mol. The number of likely N-dealkylation sites (tertiary alicyclic amines) is 1. The van der Waals surface area contributed by atoms with E-state index >= 15 is 0 Å². The van der Waals surface area contributed by atoms with Gasteiger partial charge in [0.15, 0.2) is 0 Å². The Morgan fingerprint density at radius 1 is 1.31 bits per heavy atom. The van der Waals surface area contributed by atoms with Crippen LogP contribution >= 0.6 is 0 Å². The largest absolute Gasteiger partial charge is 0.392 e. The Hall–Kier alpha value is -1.43. The van der Waals surface area contributed by atoms with E-state index in [0.29, 0.717) is 6.54 Å². The van der Waals surface area contributed by atoms with Gasteiger partial charge in [0.1, 0.15) is 0 Å². The second-order valence-electron chi connectivity index (χ2n) is 8.27. The molecule has 0 bridgehead atoms. The summed E-state index contributed by atoms with van der Waals surface area (Å²) in [5.41, 5.74) is 3.56. The van der Waals surface area contributed by atoms with Crippen molar-refractivity contribution in [1.82, 2.24) is 4.90 Å². The highest BCUT2D eigenvalue weighted by atomic mass is 16.5. The zero-order chi connectivity index (χ0) is 18.3. The summed E-state index contributed by atoms with van der Waals surface area (Å²) in [6.07, 6.45) is 4.59. The van der Waals surface area contributed by atoms with Gasteiger partial charge in [-0.3, -0.25) is 9.69 Å². The first-order chi connectivity index (χ1) is 12.5. The number of benzene rings is 1. The highest BCUT2D eigenvalue weighted by molar-refractivity contribution is 5.96. The number of aryl methyl sites for hydroxylation is 2. The van der Waals surface area contributed by atoms with E-state index in [1.807, 2.05) is 4.90 Å². The maximum Gasteiger partial charge on any atom is 0.241 e. The van der Waals surface area contributed by atoms with Crippen molar-refractivity contribution < 1.29 is 14.6 Å². The van der Waals surface area contributed by atoms with Crippen LogP contribution in [0.5, 0.6) is 0 Å². The number of amides is 1. The summed E-state index contributed by atoms with van der Waals surface area (Å²) < 4.78 is 5.56. The molecule has 5 nitrogen and oxygen atoms in total. The maximum atomic E-state index is 13.0. The smallest absolute Gasteiger partial charge is 0.241 e. The molecule has 1 spiro atoms. The topological polar surface area (TPSA) is 53.0 Å². The number of carbonyl (C=O) groups excluding carboxylic acids is 1. The minimum Gasteiger partial charge on any atom is -0.392 e. The second-order valence-corrected chi connectivity index (χ2v) is 8.27. The van der Waals surface area contributed by atoms with Crippen molar-refractivity contribution in [2.75, 3.05) is 38.2 Å².